The van der Waals surface area contributed by atoms with Gasteiger partial charge in [-0.05, 0) is 36.2 Å². The summed E-state index contributed by atoms with van der Waals surface area (Å²) in [6, 6.07) is 24.6. The molecule has 0 aliphatic rings. The highest BCUT2D eigenvalue weighted by atomic mass is 15.3. The number of hydrogen-bond acceptors (Lipinski definition) is 6. The van der Waals surface area contributed by atoms with Gasteiger partial charge in [-0.2, -0.15) is 10.1 Å². The van der Waals surface area contributed by atoms with Crippen LogP contribution in [0.2, 0.25) is 0 Å². The van der Waals surface area contributed by atoms with E-state index in [0.717, 1.165) is 33.4 Å². The van der Waals surface area contributed by atoms with Gasteiger partial charge in [-0.25, -0.2) is 9.50 Å². The summed E-state index contributed by atoms with van der Waals surface area (Å²) < 4.78 is 3.67. The van der Waals surface area contributed by atoms with Gasteiger partial charge in [-0.3, -0.25) is 4.68 Å². The summed E-state index contributed by atoms with van der Waals surface area (Å²) in [7, 11) is 0. The molecule has 166 valence electrons. The van der Waals surface area contributed by atoms with Crippen LogP contribution in [-0.4, -0.2) is 29.4 Å². The van der Waals surface area contributed by atoms with Crippen molar-refractivity contribution in [1.29, 1.82) is 0 Å². The second-order valence-corrected chi connectivity index (χ2v) is 8.27. The van der Waals surface area contributed by atoms with E-state index in [1.54, 1.807) is 4.52 Å². The highest BCUT2D eigenvalue weighted by Crippen LogP contribution is 2.28. The topological polar surface area (TPSA) is 99.0 Å². The molecule has 34 heavy (non-hydrogen) atoms. The molecule has 0 radical (unpaired) electrons. The number of aromatic nitrogens is 6. The first kappa shape index (κ1) is 19.9. The molecule has 0 saturated carbocycles. The van der Waals surface area contributed by atoms with E-state index in [1.807, 2.05) is 66.5 Å². The molecule has 0 unspecified atom stereocenters. The lowest BCUT2D eigenvalue weighted by molar-refractivity contribution is 0.712. The normalized spacial score (nSPS) is 11.3. The second-order valence-electron chi connectivity index (χ2n) is 8.27. The summed E-state index contributed by atoms with van der Waals surface area (Å²) in [5.41, 5.74) is 12.5. The van der Waals surface area contributed by atoms with E-state index >= 15 is 0 Å². The quantitative estimate of drug-likeness (QED) is 0.394. The number of rotatable bonds is 5. The van der Waals surface area contributed by atoms with Crippen molar-refractivity contribution in [3.63, 3.8) is 0 Å². The van der Waals surface area contributed by atoms with Gasteiger partial charge in [0.15, 0.2) is 5.82 Å². The van der Waals surface area contributed by atoms with E-state index in [1.165, 1.54) is 5.56 Å². The lowest BCUT2D eigenvalue weighted by atomic mass is 10.1. The molecule has 0 bridgehead atoms. The number of nitrogens with one attached hydrogen (secondary N) is 1. The van der Waals surface area contributed by atoms with Crippen molar-refractivity contribution in [3.8, 4) is 11.3 Å². The SMILES string of the molecule is Cc1cccc(Nc2nc(-c3ccc4cnn(Cc5ccccc5)c4c3)cn3nc(N)nc23)c1. The molecule has 3 N–H and O–H groups in total. The molecule has 0 spiro atoms. The van der Waals surface area contributed by atoms with Crippen LogP contribution in [0.15, 0.2) is 85.2 Å². The number of fused-ring (bicyclic) bond motifs is 2. The Morgan fingerprint density at radius 2 is 1.82 bits per heavy atom. The Kier molecular flexibility index (Phi) is 4.69. The van der Waals surface area contributed by atoms with Crippen molar-refractivity contribution >= 4 is 34.0 Å². The van der Waals surface area contributed by atoms with Crippen LogP contribution in [-0.2, 0) is 6.54 Å². The number of nitrogens with two attached hydrogens (primary N) is 1. The Morgan fingerprint density at radius 3 is 2.68 bits per heavy atom. The molecule has 0 aliphatic carbocycles. The van der Waals surface area contributed by atoms with Crippen LogP contribution in [0.3, 0.4) is 0 Å². The van der Waals surface area contributed by atoms with Gasteiger partial charge < -0.3 is 11.1 Å². The minimum Gasteiger partial charge on any atom is -0.366 e. The number of aryl methyl sites for hydroxylation is 1. The Bertz CT molecular complexity index is 1630. The molecule has 0 saturated heterocycles. The monoisotopic (exact) mass is 446 g/mol. The van der Waals surface area contributed by atoms with Crippen molar-refractivity contribution in [2.75, 3.05) is 11.1 Å². The summed E-state index contributed by atoms with van der Waals surface area (Å²) in [4.78, 5) is 9.25. The van der Waals surface area contributed by atoms with Gasteiger partial charge in [0.1, 0.15) is 0 Å². The number of benzene rings is 3. The summed E-state index contributed by atoms with van der Waals surface area (Å²) in [6.45, 7) is 2.74. The van der Waals surface area contributed by atoms with Gasteiger partial charge in [-0.15, -0.1) is 5.10 Å². The molecule has 6 rings (SSSR count). The minimum atomic E-state index is 0.197. The van der Waals surface area contributed by atoms with E-state index in [2.05, 4.69) is 50.8 Å². The summed E-state index contributed by atoms with van der Waals surface area (Å²) in [6.07, 6.45) is 3.74. The molecule has 0 amide bonds. The number of anilines is 3. The van der Waals surface area contributed by atoms with Crippen LogP contribution >= 0.6 is 0 Å². The molecule has 8 heteroatoms. The van der Waals surface area contributed by atoms with Crippen molar-refractivity contribution in [3.05, 3.63) is 96.3 Å². The fourth-order valence-electron chi connectivity index (χ4n) is 4.10. The van der Waals surface area contributed by atoms with Gasteiger partial charge in [0.2, 0.25) is 11.6 Å². The van der Waals surface area contributed by atoms with Gasteiger partial charge in [0.25, 0.3) is 0 Å². The summed E-state index contributed by atoms with van der Waals surface area (Å²) in [5.74, 6) is 0.785. The van der Waals surface area contributed by atoms with E-state index in [9.17, 15) is 0 Å². The summed E-state index contributed by atoms with van der Waals surface area (Å²) >= 11 is 0. The van der Waals surface area contributed by atoms with Crippen molar-refractivity contribution < 1.29 is 0 Å². The average Bonchev–Trinajstić information content (AvgIpc) is 3.42. The maximum Gasteiger partial charge on any atom is 0.240 e. The number of hydrogen-bond donors (Lipinski definition) is 2. The van der Waals surface area contributed by atoms with E-state index in [4.69, 9.17) is 10.7 Å². The average molecular weight is 447 g/mol. The smallest absolute Gasteiger partial charge is 0.240 e. The Morgan fingerprint density at radius 1 is 0.941 bits per heavy atom. The maximum absolute atomic E-state index is 5.91. The fourth-order valence-corrected chi connectivity index (χ4v) is 4.10. The van der Waals surface area contributed by atoms with Gasteiger partial charge >= 0.3 is 0 Å². The van der Waals surface area contributed by atoms with Crippen LogP contribution in [0.1, 0.15) is 11.1 Å². The first-order valence-corrected chi connectivity index (χ1v) is 11.0. The standard InChI is InChI=1S/C26H22N8/c1-17-6-5-9-21(12-17)29-24-25-31-26(27)32-34(25)16-22(30-24)19-10-11-20-14-28-33(23(20)13-19)15-18-7-3-2-4-8-18/h2-14,16H,15H2,1H3,(H2,27,32)(H,29,30). The Balaban J connectivity index is 1.44. The van der Waals surface area contributed by atoms with Crippen LogP contribution in [0.4, 0.5) is 17.5 Å². The Labute approximate surface area is 195 Å². The zero-order valence-electron chi connectivity index (χ0n) is 18.6. The van der Waals surface area contributed by atoms with Crippen LogP contribution < -0.4 is 11.1 Å². The van der Waals surface area contributed by atoms with Crippen LogP contribution in [0.25, 0.3) is 27.8 Å². The van der Waals surface area contributed by atoms with E-state index in [-0.39, 0.29) is 5.95 Å². The zero-order valence-corrected chi connectivity index (χ0v) is 18.6. The van der Waals surface area contributed by atoms with E-state index in [0.29, 0.717) is 18.0 Å². The molecule has 0 aliphatic heterocycles. The summed E-state index contributed by atoms with van der Waals surface area (Å²) in [5, 5.41) is 13.4. The molecular formula is C26H22N8. The molecule has 6 aromatic rings. The molecule has 3 aromatic carbocycles. The largest absolute Gasteiger partial charge is 0.366 e. The third-order valence-corrected chi connectivity index (χ3v) is 5.73. The van der Waals surface area contributed by atoms with Crippen molar-refractivity contribution in [1.82, 2.24) is 29.4 Å². The fraction of sp³-hybridized carbons (Fsp3) is 0.0769. The first-order valence-electron chi connectivity index (χ1n) is 11.0. The number of nitrogens with zero attached hydrogens (tertiary/aromatic N) is 6. The minimum absolute atomic E-state index is 0.197. The Hall–Kier alpha value is -4.72. The third-order valence-electron chi connectivity index (χ3n) is 5.73. The molecular weight excluding hydrogens is 424 g/mol. The molecule has 8 nitrogen and oxygen atoms in total. The lowest BCUT2D eigenvalue weighted by Crippen LogP contribution is -2.02. The predicted molar refractivity (Wildman–Crippen MR) is 134 cm³/mol. The van der Waals surface area contributed by atoms with Gasteiger partial charge in [0, 0.05) is 16.6 Å². The van der Waals surface area contributed by atoms with Crippen molar-refractivity contribution in [2.45, 2.75) is 13.5 Å². The molecule has 0 fully saturated rings. The molecule has 3 aromatic heterocycles. The highest BCUT2D eigenvalue weighted by Gasteiger charge is 2.14. The predicted octanol–water partition coefficient (Wildman–Crippen LogP) is 4.82. The number of nitrogen functional groups attached to an aromatic ring is 1. The maximum atomic E-state index is 5.91. The molecule has 3 heterocycles. The zero-order chi connectivity index (χ0) is 23.1. The van der Waals surface area contributed by atoms with Crippen LogP contribution in [0.5, 0.6) is 0 Å². The molecule has 0 atom stereocenters. The first-order chi connectivity index (χ1) is 16.6. The van der Waals surface area contributed by atoms with Crippen LogP contribution in [0, 0.1) is 6.92 Å². The second kappa shape index (κ2) is 8.00. The van der Waals surface area contributed by atoms with E-state index < -0.39 is 0 Å². The van der Waals surface area contributed by atoms with Crippen molar-refractivity contribution in [2.24, 2.45) is 0 Å². The van der Waals surface area contributed by atoms with Gasteiger partial charge in [0.05, 0.1) is 30.1 Å². The third kappa shape index (κ3) is 3.71. The lowest BCUT2D eigenvalue weighted by Gasteiger charge is -2.10. The van der Waals surface area contributed by atoms with Gasteiger partial charge in [-0.1, -0.05) is 54.6 Å². The highest BCUT2D eigenvalue weighted by molar-refractivity contribution is 5.84.